The van der Waals surface area contributed by atoms with Gasteiger partial charge in [-0.25, -0.2) is 12.8 Å². The van der Waals surface area contributed by atoms with Crippen molar-refractivity contribution in [3.05, 3.63) is 48.3 Å². The van der Waals surface area contributed by atoms with Gasteiger partial charge in [-0.15, -0.1) is 0 Å². The standard InChI is InChI=1S/C23H29FN2O5S/c1-16(2)30-22-12-11-20(32(28,29)26-13-5-4-6-14-26)15-21(22)25-23(27)17(3)31-19-9-7-18(24)8-10-19/h7-12,15-17H,4-6,13-14H2,1-3H3,(H,25,27). The van der Waals surface area contributed by atoms with Gasteiger partial charge in [0, 0.05) is 13.1 Å². The van der Waals surface area contributed by atoms with Crippen molar-refractivity contribution in [3.63, 3.8) is 0 Å². The Hall–Kier alpha value is -2.65. The number of carbonyl (C=O) groups excluding carboxylic acids is 1. The van der Waals surface area contributed by atoms with Gasteiger partial charge in [-0.1, -0.05) is 6.42 Å². The van der Waals surface area contributed by atoms with E-state index in [9.17, 15) is 17.6 Å². The Kier molecular flexibility index (Phi) is 7.73. The number of halogens is 1. The fourth-order valence-electron chi connectivity index (χ4n) is 3.38. The zero-order chi connectivity index (χ0) is 23.3. The fraction of sp³-hybridized carbons (Fsp3) is 0.435. The second kappa shape index (κ2) is 10.3. The highest BCUT2D eigenvalue weighted by atomic mass is 32.2. The summed E-state index contributed by atoms with van der Waals surface area (Å²) >= 11 is 0. The van der Waals surface area contributed by atoms with Gasteiger partial charge in [0.05, 0.1) is 16.7 Å². The van der Waals surface area contributed by atoms with E-state index >= 15 is 0 Å². The number of rotatable bonds is 8. The van der Waals surface area contributed by atoms with Crippen LogP contribution in [0.4, 0.5) is 10.1 Å². The molecule has 1 fully saturated rings. The number of nitrogens with one attached hydrogen (secondary N) is 1. The molecule has 1 unspecified atom stereocenters. The van der Waals surface area contributed by atoms with Gasteiger partial charge in [-0.3, -0.25) is 4.79 Å². The molecule has 3 rings (SSSR count). The van der Waals surface area contributed by atoms with Gasteiger partial charge >= 0.3 is 0 Å². The Morgan fingerprint density at radius 3 is 2.28 bits per heavy atom. The minimum atomic E-state index is -3.68. The largest absolute Gasteiger partial charge is 0.489 e. The number of nitrogens with zero attached hydrogens (tertiary/aromatic N) is 1. The van der Waals surface area contributed by atoms with E-state index in [0.717, 1.165) is 19.3 Å². The molecule has 1 aliphatic rings. The van der Waals surface area contributed by atoms with E-state index in [0.29, 0.717) is 24.6 Å². The molecule has 1 amide bonds. The summed E-state index contributed by atoms with van der Waals surface area (Å²) in [6.07, 6.45) is 1.59. The zero-order valence-electron chi connectivity index (χ0n) is 18.5. The first-order valence-corrected chi connectivity index (χ1v) is 12.1. The van der Waals surface area contributed by atoms with Crippen LogP contribution in [0.25, 0.3) is 0 Å². The van der Waals surface area contributed by atoms with Crippen LogP contribution in [-0.4, -0.2) is 43.9 Å². The maximum Gasteiger partial charge on any atom is 0.265 e. The smallest absolute Gasteiger partial charge is 0.265 e. The third-order valence-corrected chi connectivity index (χ3v) is 6.91. The zero-order valence-corrected chi connectivity index (χ0v) is 19.3. The van der Waals surface area contributed by atoms with Crippen molar-refractivity contribution >= 4 is 21.6 Å². The first-order valence-electron chi connectivity index (χ1n) is 10.7. The number of piperidine rings is 1. The summed E-state index contributed by atoms with van der Waals surface area (Å²) in [4.78, 5) is 12.9. The molecule has 0 saturated carbocycles. The van der Waals surface area contributed by atoms with Gasteiger partial charge in [0.25, 0.3) is 5.91 Å². The van der Waals surface area contributed by atoms with Crippen LogP contribution in [0.3, 0.4) is 0 Å². The Labute approximate surface area is 188 Å². The Morgan fingerprint density at radius 2 is 1.66 bits per heavy atom. The quantitative estimate of drug-likeness (QED) is 0.633. The molecule has 9 heteroatoms. The molecule has 32 heavy (non-hydrogen) atoms. The van der Waals surface area contributed by atoms with Crippen molar-refractivity contribution in [1.29, 1.82) is 0 Å². The number of hydrogen-bond acceptors (Lipinski definition) is 5. The van der Waals surface area contributed by atoms with Crippen LogP contribution in [0, 0.1) is 5.82 Å². The van der Waals surface area contributed by atoms with Crippen molar-refractivity contribution in [1.82, 2.24) is 4.31 Å². The first-order chi connectivity index (χ1) is 15.2. The van der Waals surface area contributed by atoms with Crippen molar-refractivity contribution in [2.75, 3.05) is 18.4 Å². The molecule has 1 heterocycles. The van der Waals surface area contributed by atoms with E-state index in [-0.39, 0.29) is 16.7 Å². The molecular formula is C23H29FN2O5S. The first kappa shape index (κ1) is 24.0. The number of hydrogen-bond donors (Lipinski definition) is 1. The van der Waals surface area contributed by atoms with Gasteiger partial charge in [0.15, 0.2) is 6.10 Å². The van der Waals surface area contributed by atoms with Crippen LogP contribution in [-0.2, 0) is 14.8 Å². The van der Waals surface area contributed by atoms with E-state index in [4.69, 9.17) is 9.47 Å². The lowest BCUT2D eigenvalue weighted by atomic mass is 10.2. The fourth-order valence-corrected chi connectivity index (χ4v) is 4.93. The molecule has 1 atom stereocenters. The summed E-state index contributed by atoms with van der Waals surface area (Å²) in [7, 11) is -3.68. The third-order valence-electron chi connectivity index (χ3n) is 5.02. The molecule has 0 aliphatic carbocycles. The topological polar surface area (TPSA) is 84.9 Å². The van der Waals surface area contributed by atoms with Crippen molar-refractivity contribution in [3.8, 4) is 11.5 Å². The molecule has 7 nitrogen and oxygen atoms in total. The predicted octanol–water partition coefficient (Wildman–Crippen LogP) is 4.19. The van der Waals surface area contributed by atoms with Gasteiger partial charge in [0.1, 0.15) is 17.3 Å². The average Bonchev–Trinajstić information content (AvgIpc) is 2.76. The van der Waals surface area contributed by atoms with Crippen molar-refractivity contribution < 1.29 is 27.1 Å². The van der Waals surface area contributed by atoms with Gasteiger partial charge < -0.3 is 14.8 Å². The number of ether oxygens (including phenoxy) is 2. The van der Waals surface area contributed by atoms with Crippen LogP contribution in [0.2, 0.25) is 0 Å². The van der Waals surface area contributed by atoms with E-state index in [1.165, 1.54) is 40.7 Å². The van der Waals surface area contributed by atoms with Crippen molar-refractivity contribution in [2.24, 2.45) is 0 Å². The molecule has 0 radical (unpaired) electrons. The summed E-state index contributed by atoms with van der Waals surface area (Å²) in [5.74, 6) is -0.193. The molecule has 0 bridgehead atoms. The maximum absolute atomic E-state index is 13.1. The summed E-state index contributed by atoms with van der Waals surface area (Å²) in [6.45, 7) is 6.19. The second-order valence-electron chi connectivity index (χ2n) is 7.99. The minimum absolute atomic E-state index is 0.0953. The lowest BCUT2D eigenvalue weighted by molar-refractivity contribution is -0.122. The van der Waals surface area contributed by atoms with E-state index in [1.807, 2.05) is 13.8 Å². The SMILES string of the molecule is CC(C)Oc1ccc(S(=O)(=O)N2CCCCC2)cc1NC(=O)C(C)Oc1ccc(F)cc1. The van der Waals surface area contributed by atoms with Crippen LogP contribution >= 0.6 is 0 Å². The summed E-state index contributed by atoms with van der Waals surface area (Å²) in [5.41, 5.74) is 0.247. The number of carbonyl (C=O) groups is 1. The number of amides is 1. The highest BCUT2D eigenvalue weighted by molar-refractivity contribution is 7.89. The highest BCUT2D eigenvalue weighted by Crippen LogP contribution is 2.31. The Morgan fingerprint density at radius 1 is 1.00 bits per heavy atom. The third kappa shape index (κ3) is 5.98. The molecule has 1 aliphatic heterocycles. The Balaban J connectivity index is 1.82. The van der Waals surface area contributed by atoms with E-state index in [2.05, 4.69) is 5.32 Å². The molecule has 0 aromatic heterocycles. The van der Waals surface area contributed by atoms with Crippen LogP contribution in [0.5, 0.6) is 11.5 Å². The second-order valence-corrected chi connectivity index (χ2v) is 9.93. The lowest BCUT2D eigenvalue weighted by Crippen LogP contribution is -2.35. The van der Waals surface area contributed by atoms with Gasteiger partial charge in [-0.05, 0) is 76.1 Å². The van der Waals surface area contributed by atoms with E-state index in [1.54, 1.807) is 13.0 Å². The Bertz CT molecular complexity index is 1030. The van der Waals surface area contributed by atoms with Crippen molar-refractivity contribution in [2.45, 2.75) is 57.1 Å². The maximum atomic E-state index is 13.1. The number of benzene rings is 2. The van der Waals surface area contributed by atoms with E-state index < -0.39 is 27.9 Å². The molecule has 1 N–H and O–H groups in total. The molecule has 1 saturated heterocycles. The summed E-state index contributed by atoms with van der Waals surface area (Å²) < 4.78 is 52.1. The highest BCUT2D eigenvalue weighted by Gasteiger charge is 2.27. The monoisotopic (exact) mass is 464 g/mol. The average molecular weight is 465 g/mol. The van der Waals surface area contributed by atoms with Gasteiger partial charge in [0.2, 0.25) is 10.0 Å². The number of sulfonamides is 1. The molecular weight excluding hydrogens is 435 g/mol. The van der Waals surface area contributed by atoms with Crippen LogP contribution in [0.1, 0.15) is 40.0 Å². The summed E-state index contributed by atoms with van der Waals surface area (Å²) in [6, 6.07) is 9.81. The minimum Gasteiger partial charge on any atom is -0.489 e. The predicted molar refractivity (Wildman–Crippen MR) is 120 cm³/mol. The normalized spacial score (nSPS) is 15.9. The number of anilines is 1. The lowest BCUT2D eigenvalue weighted by Gasteiger charge is -2.26. The molecule has 2 aromatic carbocycles. The summed E-state index contributed by atoms with van der Waals surface area (Å²) in [5, 5.41) is 2.72. The molecule has 2 aromatic rings. The molecule has 174 valence electrons. The molecule has 0 spiro atoms. The van der Waals surface area contributed by atoms with Crippen LogP contribution in [0.15, 0.2) is 47.4 Å². The van der Waals surface area contributed by atoms with Gasteiger partial charge in [-0.2, -0.15) is 4.31 Å². The van der Waals surface area contributed by atoms with Crippen LogP contribution < -0.4 is 14.8 Å².